The van der Waals surface area contributed by atoms with Gasteiger partial charge in [0.25, 0.3) is 0 Å². The molecule has 8 heteroatoms. The number of benzene rings is 1. The number of amides is 1. The van der Waals surface area contributed by atoms with E-state index in [1.807, 2.05) is 0 Å². The quantitative estimate of drug-likeness (QED) is 0.723. The first kappa shape index (κ1) is 16.8. The predicted octanol–water partition coefficient (Wildman–Crippen LogP) is 1.87. The van der Waals surface area contributed by atoms with Crippen LogP contribution in [0.25, 0.3) is 11.0 Å². The average Bonchev–Trinajstić information content (AvgIpc) is 2.84. The Hall–Kier alpha value is -3.05. The number of fused-ring (bicyclic) bond motifs is 1. The second-order valence-corrected chi connectivity index (χ2v) is 6.37. The number of hydrogen-bond acceptors (Lipinski definition) is 5. The van der Waals surface area contributed by atoms with E-state index in [-0.39, 0.29) is 17.3 Å². The molecular weight excluding hydrogens is 338 g/mol. The highest BCUT2D eigenvalue weighted by Gasteiger charge is 2.11. The first-order valence-electron chi connectivity index (χ1n) is 7.44. The monoisotopic (exact) mass is 353 g/mol. The molecule has 0 bridgehead atoms. The topological polar surface area (TPSA) is 92.7 Å². The Morgan fingerprint density at radius 3 is 2.80 bits per heavy atom. The highest BCUT2D eigenvalue weighted by molar-refractivity contribution is 8.00. The minimum absolute atomic E-state index is 0.117. The standard InChI is InChI=1S/C17H15N5O2S/c1-21-13-6-5-12(8-14(13)22(2)17(21)24)20-15(23)10-25-16-11(9-18)4-3-7-19-16/h3-8H,10H2,1-2H3,(H,20,23). The van der Waals surface area contributed by atoms with Gasteiger partial charge in [-0.2, -0.15) is 5.26 Å². The van der Waals surface area contributed by atoms with Crippen molar-refractivity contribution in [2.75, 3.05) is 11.1 Å². The number of imidazole rings is 1. The van der Waals surface area contributed by atoms with E-state index in [2.05, 4.69) is 16.4 Å². The number of nitrogens with zero attached hydrogens (tertiary/aromatic N) is 4. The summed E-state index contributed by atoms with van der Waals surface area (Å²) in [4.78, 5) is 28.2. The maximum atomic E-state index is 12.2. The third-order valence-electron chi connectivity index (χ3n) is 3.79. The fraction of sp³-hybridized carbons (Fsp3) is 0.176. The Balaban J connectivity index is 1.73. The van der Waals surface area contributed by atoms with Crippen molar-refractivity contribution in [2.45, 2.75) is 5.03 Å². The Bertz CT molecular complexity index is 1060. The summed E-state index contributed by atoms with van der Waals surface area (Å²) in [6.07, 6.45) is 1.59. The lowest BCUT2D eigenvalue weighted by atomic mass is 10.2. The number of nitriles is 1. The minimum atomic E-state index is -0.208. The number of anilines is 1. The smallest absolute Gasteiger partial charge is 0.325 e. The van der Waals surface area contributed by atoms with Crippen LogP contribution >= 0.6 is 11.8 Å². The fourth-order valence-corrected chi connectivity index (χ4v) is 3.25. The molecule has 7 nitrogen and oxygen atoms in total. The molecule has 3 aromatic rings. The van der Waals surface area contributed by atoms with Crippen LogP contribution in [0.4, 0.5) is 5.69 Å². The number of aromatic nitrogens is 3. The van der Waals surface area contributed by atoms with Crippen LogP contribution in [-0.2, 0) is 18.9 Å². The summed E-state index contributed by atoms with van der Waals surface area (Å²) in [6.45, 7) is 0. The Morgan fingerprint density at radius 1 is 1.28 bits per heavy atom. The molecule has 0 spiro atoms. The molecule has 0 radical (unpaired) electrons. The maximum Gasteiger partial charge on any atom is 0.328 e. The Morgan fingerprint density at radius 2 is 2.04 bits per heavy atom. The van der Waals surface area contributed by atoms with Gasteiger partial charge in [-0.25, -0.2) is 9.78 Å². The van der Waals surface area contributed by atoms with Crippen molar-refractivity contribution in [1.29, 1.82) is 5.26 Å². The van der Waals surface area contributed by atoms with Gasteiger partial charge in [0.2, 0.25) is 5.91 Å². The summed E-state index contributed by atoms with van der Waals surface area (Å²) in [7, 11) is 3.40. The summed E-state index contributed by atoms with van der Waals surface area (Å²) in [5.41, 5.74) is 2.48. The minimum Gasteiger partial charge on any atom is -0.325 e. The van der Waals surface area contributed by atoms with Gasteiger partial charge >= 0.3 is 5.69 Å². The predicted molar refractivity (Wildman–Crippen MR) is 96.5 cm³/mol. The molecule has 3 rings (SSSR count). The second-order valence-electron chi connectivity index (χ2n) is 5.41. The van der Waals surface area contributed by atoms with Gasteiger partial charge in [-0.05, 0) is 30.3 Å². The summed E-state index contributed by atoms with van der Waals surface area (Å²) >= 11 is 1.21. The average molecular weight is 353 g/mol. The van der Waals surface area contributed by atoms with Crippen molar-refractivity contribution in [2.24, 2.45) is 14.1 Å². The first-order chi connectivity index (χ1) is 12.0. The highest BCUT2D eigenvalue weighted by Crippen LogP contribution is 2.21. The van der Waals surface area contributed by atoms with Gasteiger partial charge in [0.1, 0.15) is 11.1 Å². The van der Waals surface area contributed by atoms with Crippen molar-refractivity contribution < 1.29 is 4.79 Å². The molecule has 0 aliphatic heterocycles. The number of carbonyl (C=O) groups excluding carboxylic acids is 1. The van der Waals surface area contributed by atoms with E-state index in [0.29, 0.717) is 16.3 Å². The number of carbonyl (C=O) groups is 1. The van der Waals surface area contributed by atoms with Crippen LogP contribution < -0.4 is 11.0 Å². The van der Waals surface area contributed by atoms with E-state index in [4.69, 9.17) is 5.26 Å². The van der Waals surface area contributed by atoms with Gasteiger partial charge in [-0.15, -0.1) is 0 Å². The van der Waals surface area contributed by atoms with E-state index in [1.54, 1.807) is 55.2 Å². The summed E-state index contributed by atoms with van der Waals surface area (Å²) < 4.78 is 3.09. The zero-order valence-electron chi connectivity index (χ0n) is 13.7. The lowest BCUT2D eigenvalue weighted by Gasteiger charge is -2.06. The van der Waals surface area contributed by atoms with Crippen molar-refractivity contribution in [1.82, 2.24) is 14.1 Å². The molecule has 1 amide bonds. The molecule has 0 unspecified atom stereocenters. The second kappa shape index (κ2) is 6.83. The van der Waals surface area contributed by atoms with E-state index >= 15 is 0 Å². The molecule has 0 saturated carbocycles. The van der Waals surface area contributed by atoms with Crippen LogP contribution in [0.2, 0.25) is 0 Å². The normalized spacial score (nSPS) is 10.6. The largest absolute Gasteiger partial charge is 0.328 e. The SMILES string of the molecule is Cn1c(=O)n(C)c2cc(NC(=O)CSc3ncccc3C#N)ccc21. The van der Waals surface area contributed by atoms with Crippen molar-refractivity contribution in [3.63, 3.8) is 0 Å². The molecule has 1 N–H and O–H groups in total. The van der Waals surface area contributed by atoms with Gasteiger partial charge in [0, 0.05) is 26.0 Å². The summed E-state index contributed by atoms with van der Waals surface area (Å²) in [5, 5.41) is 12.4. The molecule has 2 aromatic heterocycles. The van der Waals surface area contributed by atoms with Crippen molar-refractivity contribution in [3.05, 3.63) is 52.6 Å². The van der Waals surface area contributed by atoms with Crippen LogP contribution in [0.1, 0.15) is 5.56 Å². The Labute approximate surface area is 147 Å². The number of pyridine rings is 1. The van der Waals surface area contributed by atoms with Crippen LogP contribution in [-0.4, -0.2) is 25.8 Å². The van der Waals surface area contributed by atoms with Gasteiger partial charge in [-0.1, -0.05) is 11.8 Å². The van der Waals surface area contributed by atoms with Gasteiger partial charge in [0.05, 0.1) is 22.3 Å². The lowest BCUT2D eigenvalue weighted by molar-refractivity contribution is -0.113. The number of hydrogen-bond donors (Lipinski definition) is 1. The highest BCUT2D eigenvalue weighted by atomic mass is 32.2. The molecule has 126 valence electrons. The first-order valence-corrected chi connectivity index (χ1v) is 8.43. The van der Waals surface area contributed by atoms with E-state index in [1.165, 1.54) is 16.3 Å². The molecule has 0 saturated heterocycles. The summed E-state index contributed by atoms with van der Waals surface area (Å²) in [6, 6.07) is 10.7. The summed E-state index contributed by atoms with van der Waals surface area (Å²) in [5.74, 6) is -0.0721. The van der Waals surface area contributed by atoms with Gasteiger partial charge < -0.3 is 5.32 Å². The fourth-order valence-electron chi connectivity index (χ4n) is 2.51. The zero-order valence-corrected chi connectivity index (χ0v) is 14.5. The molecule has 0 atom stereocenters. The van der Waals surface area contributed by atoms with Gasteiger partial charge in [-0.3, -0.25) is 13.9 Å². The van der Waals surface area contributed by atoms with Crippen LogP contribution in [0.3, 0.4) is 0 Å². The molecule has 2 heterocycles. The third kappa shape index (κ3) is 3.27. The third-order valence-corrected chi connectivity index (χ3v) is 4.79. The number of thioether (sulfide) groups is 1. The van der Waals surface area contributed by atoms with Gasteiger partial charge in [0.15, 0.2) is 0 Å². The Kier molecular flexibility index (Phi) is 4.59. The number of aryl methyl sites for hydroxylation is 2. The van der Waals surface area contributed by atoms with Crippen LogP contribution in [0.5, 0.6) is 0 Å². The zero-order chi connectivity index (χ0) is 18.0. The van der Waals surface area contributed by atoms with Crippen molar-refractivity contribution in [3.8, 4) is 6.07 Å². The lowest BCUT2D eigenvalue weighted by Crippen LogP contribution is -2.19. The molecule has 0 fully saturated rings. The molecule has 0 aliphatic rings. The van der Waals surface area contributed by atoms with E-state index in [9.17, 15) is 9.59 Å². The molecule has 1 aromatic carbocycles. The van der Waals surface area contributed by atoms with Crippen molar-refractivity contribution >= 4 is 34.4 Å². The van der Waals surface area contributed by atoms with E-state index < -0.39 is 0 Å². The van der Waals surface area contributed by atoms with Crippen LogP contribution in [0.15, 0.2) is 46.3 Å². The molecular formula is C17H15N5O2S. The molecule has 0 aliphatic carbocycles. The molecule has 25 heavy (non-hydrogen) atoms. The van der Waals surface area contributed by atoms with E-state index in [0.717, 1.165) is 11.0 Å². The number of rotatable bonds is 4. The number of nitrogens with one attached hydrogen (secondary N) is 1. The maximum absolute atomic E-state index is 12.2. The van der Waals surface area contributed by atoms with Crippen LogP contribution in [0, 0.1) is 11.3 Å².